The van der Waals surface area contributed by atoms with Crippen molar-refractivity contribution in [2.45, 2.75) is 20.0 Å². The topological polar surface area (TPSA) is 53.6 Å². The van der Waals surface area contributed by atoms with Gasteiger partial charge >= 0.3 is 12.2 Å². The highest BCUT2D eigenvalue weighted by Crippen LogP contribution is 2.37. The summed E-state index contributed by atoms with van der Waals surface area (Å²) in [6.07, 6.45) is -4.55. The molecule has 2 amide bonds. The second-order valence-corrected chi connectivity index (χ2v) is 6.06. The summed E-state index contributed by atoms with van der Waals surface area (Å²) >= 11 is 0. The lowest BCUT2D eigenvalue weighted by molar-refractivity contribution is -0.136. The van der Waals surface area contributed by atoms with Crippen molar-refractivity contribution >= 4 is 17.4 Å². The molecular formula is C16H22F3N3O2. The maximum Gasteiger partial charge on any atom is 0.418 e. The number of ether oxygens (including phenoxy) is 1. The molecule has 2 N–H and O–H groups in total. The summed E-state index contributed by atoms with van der Waals surface area (Å²) in [6, 6.07) is 3.30. The first-order chi connectivity index (χ1) is 11.3. The zero-order valence-corrected chi connectivity index (χ0v) is 13.7. The number of urea groups is 1. The van der Waals surface area contributed by atoms with Gasteiger partial charge in [-0.15, -0.1) is 0 Å². The number of alkyl halides is 3. The van der Waals surface area contributed by atoms with E-state index < -0.39 is 17.8 Å². The highest BCUT2D eigenvalue weighted by molar-refractivity contribution is 5.90. The van der Waals surface area contributed by atoms with Crippen LogP contribution in [-0.4, -0.2) is 38.9 Å². The number of hydrogen-bond acceptors (Lipinski definition) is 3. The summed E-state index contributed by atoms with van der Waals surface area (Å²) in [6.45, 7) is 6.24. The van der Waals surface area contributed by atoms with Crippen LogP contribution in [-0.2, 0) is 10.9 Å². The molecule has 1 saturated heterocycles. The fourth-order valence-electron chi connectivity index (χ4n) is 2.36. The summed E-state index contributed by atoms with van der Waals surface area (Å²) in [5, 5.41) is 4.83. The number of anilines is 2. The molecule has 1 aromatic carbocycles. The number of benzene rings is 1. The minimum Gasteiger partial charge on any atom is -0.378 e. The van der Waals surface area contributed by atoms with E-state index in [-0.39, 0.29) is 11.6 Å². The number of carbonyl (C=O) groups excluding carboxylic acids is 1. The number of morpholine rings is 1. The molecule has 8 heteroatoms. The van der Waals surface area contributed by atoms with Crippen molar-refractivity contribution in [3.63, 3.8) is 0 Å². The molecule has 5 nitrogen and oxygen atoms in total. The van der Waals surface area contributed by atoms with Crippen LogP contribution < -0.4 is 15.5 Å². The van der Waals surface area contributed by atoms with E-state index in [9.17, 15) is 18.0 Å². The van der Waals surface area contributed by atoms with Gasteiger partial charge in [0.15, 0.2) is 0 Å². The summed E-state index contributed by atoms with van der Waals surface area (Å²) in [5.74, 6) is 0.210. The Morgan fingerprint density at radius 3 is 2.54 bits per heavy atom. The Balaban J connectivity index is 2.19. The van der Waals surface area contributed by atoms with Gasteiger partial charge in [-0.3, -0.25) is 0 Å². The second kappa shape index (κ2) is 7.74. The van der Waals surface area contributed by atoms with Gasteiger partial charge in [-0.2, -0.15) is 13.2 Å². The molecule has 134 valence electrons. The van der Waals surface area contributed by atoms with Gasteiger partial charge in [0, 0.05) is 25.3 Å². The lowest BCUT2D eigenvalue weighted by atomic mass is 10.1. The Bertz CT molecular complexity index is 570. The lowest BCUT2D eigenvalue weighted by Crippen LogP contribution is -2.36. The lowest BCUT2D eigenvalue weighted by Gasteiger charge is -2.29. The Labute approximate surface area is 139 Å². The molecule has 1 aromatic rings. The molecule has 1 aliphatic heterocycles. The molecule has 0 atom stereocenters. The number of amides is 2. The van der Waals surface area contributed by atoms with Gasteiger partial charge in [0.1, 0.15) is 0 Å². The Hall–Kier alpha value is -1.96. The predicted octanol–water partition coefficient (Wildman–Crippen LogP) is 3.32. The Morgan fingerprint density at radius 2 is 1.96 bits per heavy atom. The zero-order valence-electron chi connectivity index (χ0n) is 13.7. The van der Waals surface area contributed by atoms with Crippen molar-refractivity contribution in [3.05, 3.63) is 23.8 Å². The average Bonchev–Trinajstić information content (AvgIpc) is 2.53. The number of nitrogens with zero attached hydrogens (tertiary/aromatic N) is 1. The highest BCUT2D eigenvalue weighted by Gasteiger charge is 2.34. The second-order valence-electron chi connectivity index (χ2n) is 6.06. The number of rotatable bonds is 4. The first-order valence-corrected chi connectivity index (χ1v) is 7.86. The molecule has 0 aliphatic carbocycles. The van der Waals surface area contributed by atoms with Crippen LogP contribution in [0.1, 0.15) is 19.4 Å². The van der Waals surface area contributed by atoms with Gasteiger partial charge in [-0.05, 0) is 24.1 Å². The van der Waals surface area contributed by atoms with E-state index in [0.29, 0.717) is 38.5 Å². The van der Waals surface area contributed by atoms with E-state index in [1.807, 2.05) is 18.7 Å². The van der Waals surface area contributed by atoms with Crippen LogP contribution in [0.3, 0.4) is 0 Å². The number of halogens is 3. The van der Waals surface area contributed by atoms with E-state index >= 15 is 0 Å². The summed E-state index contributed by atoms with van der Waals surface area (Å²) in [4.78, 5) is 13.6. The summed E-state index contributed by atoms with van der Waals surface area (Å²) in [7, 11) is 0. The van der Waals surface area contributed by atoms with E-state index in [4.69, 9.17) is 4.74 Å². The fourth-order valence-corrected chi connectivity index (χ4v) is 2.36. The van der Waals surface area contributed by atoms with Crippen LogP contribution in [0.15, 0.2) is 18.2 Å². The minimum atomic E-state index is -4.55. The average molecular weight is 345 g/mol. The molecule has 1 aliphatic rings. The van der Waals surface area contributed by atoms with Crippen LogP contribution in [0.4, 0.5) is 29.3 Å². The van der Waals surface area contributed by atoms with E-state index in [1.54, 1.807) is 6.07 Å². The van der Waals surface area contributed by atoms with Crippen LogP contribution in [0.25, 0.3) is 0 Å². The third kappa shape index (κ3) is 5.02. The maximum absolute atomic E-state index is 13.3. The first kappa shape index (κ1) is 18.4. The van der Waals surface area contributed by atoms with Crippen molar-refractivity contribution < 1.29 is 22.7 Å². The quantitative estimate of drug-likeness (QED) is 0.880. The van der Waals surface area contributed by atoms with E-state index in [2.05, 4.69) is 10.6 Å². The van der Waals surface area contributed by atoms with Gasteiger partial charge in [0.2, 0.25) is 0 Å². The molecule has 0 unspecified atom stereocenters. The molecule has 0 spiro atoms. The van der Waals surface area contributed by atoms with Crippen LogP contribution in [0, 0.1) is 5.92 Å². The summed E-state index contributed by atoms with van der Waals surface area (Å²) < 4.78 is 45.2. The maximum atomic E-state index is 13.3. The van der Waals surface area contributed by atoms with Crippen molar-refractivity contribution in [1.29, 1.82) is 0 Å². The van der Waals surface area contributed by atoms with E-state index in [0.717, 1.165) is 6.07 Å². The normalized spacial score (nSPS) is 15.5. The number of hydrogen-bond donors (Lipinski definition) is 2. The molecule has 0 aromatic heterocycles. The first-order valence-electron chi connectivity index (χ1n) is 7.86. The molecule has 1 fully saturated rings. The van der Waals surface area contributed by atoms with Gasteiger partial charge in [-0.1, -0.05) is 13.8 Å². The Morgan fingerprint density at radius 1 is 1.29 bits per heavy atom. The summed E-state index contributed by atoms with van der Waals surface area (Å²) in [5.41, 5.74) is -0.634. The third-order valence-electron chi connectivity index (χ3n) is 3.60. The largest absolute Gasteiger partial charge is 0.418 e. The van der Waals surface area contributed by atoms with Crippen LogP contribution in [0.2, 0.25) is 0 Å². The van der Waals surface area contributed by atoms with Gasteiger partial charge < -0.3 is 20.3 Å². The Kier molecular flexibility index (Phi) is 5.93. The molecule has 0 saturated carbocycles. The van der Waals surface area contributed by atoms with Crippen molar-refractivity contribution in [3.8, 4) is 0 Å². The highest BCUT2D eigenvalue weighted by atomic mass is 19.4. The van der Waals surface area contributed by atoms with Crippen molar-refractivity contribution in [2.75, 3.05) is 43.1 Å². The van der Waals surface area contributed by atoms with Crippen molar-refractivity contribution in [2.24, 2.45) is 5.92 Å². The predicted molar refractivity (Wildman–Crippen MR) is 86.3 cm³/mol. The fraction of sp³-hybridized carbons (Fsp3) is 0.562. The minimum absolute atomic E-state index is 0.210. The molecule has 1 heterocycles. The third-order valence-corrected chi connectivity index (χ3v) is 3.60. The van der Waals surface area contributed by atoms with Gasteiger partial charge in [0.25, 0.3) is 0 Å². The molecule has 2 rings (SSSR count). The standard InChI is InChI=1S/C16H22F3N3O2/c1-11(2)10-20-15(23)21-14-4-3-12(9-13(14)16(17,18)19)22-5-7-24-8-6-22/h3-4,9,11H,5-8,10H2,1-2H3,(H2,20,21,23). The van der Waals surface area contributed by atoms with Gasteiger partial charge in [-0.25, -0.2) is 4.79 Å². The monoisotopic (exact) mass is 345 g/mol. The molecular weight excluding hydrogens is 323 g/mol. The van der Waals surface area contributed by atoms with E-state index in [1.165, 1.54) is 6.07 Å². The van der Waals surface area contributed by atoms with Crippen LogP contribution >= 0.6 is 0 Å². The van der Waals surface area contributed by atoms with Crippen molar-refractivity contribution in [1.82, 2.24) is 5.32 Å². The van der Waals surface area contributed by atoms with Gasteiger partial charge in [0.05, 0.1) is 24.5 Å². The van der Waals surface area contributed by atoms with Crippen LogP contribution in [0.5, 0.6) is 0 Å². The zero-order chi connectivity index (χ0) is 17.7. The smallest absolute Gasteiger partial charge is 0.378 e. The number of carbonyl (C=O) groups is 1. The molecule has 0 radical (unpaired) electrons. The SMILES string of the molecule is CC(C)CNC(=O)Nc1ccc(N2CCOCC2)cc1C(F)(F)F. The number of nitrogens with one attached hydrogen (secondary N) is 2. The molecule has 0 bridgehead atoms. The molecule has 24 heavy (non-hydrogen) atoms.